The van der Waals surface area contributed by atoms with Crippen molar-refractivity contribution in [1.29, 1.82) is 0 Å². The first-order valence-electron chi connectivity index (χ1n) is 8.34. The minimum Gasteiger partial charge on any atom is -0.467 e. The third-order valence-electron chi connectivity index (χ3n) is 4.72. The van der Waals surface area contributed by atoms with Gasteiger partial charge in [0.05, 0.1) is 25.7 Å². The SMILES string of the molecule is COCO[C@H]1C=C(C=O)C[C@]2(C(=O)OC)O[C@H](c3ccccc3)OC[C@H]12. The molecule has 1 heterocycles. The number of carbonyl (C=O) groups excluding carboxylic acids is 2. The van der Waals surface area contributed by atoms with Gasteiger partial charge in [-0.15, -0.1) is 0 Å². The Labute approximate surface area is 151 Å². The van der Waals surface area contributed by atoms with Crippen LogP contribution in [-0.4, -0.2) is 51.6 Å². The Morgan fingerprint density at radius 1 is 1.31 bits per heavy atom. The number of fused-ring (bicyclic) bond motifs is 1. The van der Waals surface area contributed by atoms with Crippen LogP contribution in [0.15, 0.2) is 42.0 Å². The third kappa shape index (κ3) is 3.43. The van der Waals surface area contributed by atoms with Crippen LogP contribution in [0.3, 0.4) is 0 Å². The molecule has 2 aliphatic rings. The van der Waals surface area contributed by atoms with Crippen LogP contribution in [0, 0.1) is 5.92 Å². The molecular weight excluding hydrogens is 340 g/mol. The molecule has 7 heteroatoms. The van der Waals surface area contributed by atoms with Crippen LogP contribution in [-0.2, 0) is 33.3 Å². The van der Waals surface area contributed by atoms with Crippen molar-refractivity contribution in [3.8, 4) is 0 Å². The quantitative estimate of drug-likeness (QED) is 0.433. The summed E-state index contributed by atoms with van der Waals surface area (Å²) in [4.78, 5) is 24.2. The van der Waals surface area contributed by atoms with E-state index in [1.807, 2.05) is 30.3 Å². The van der Waals surface area contributed by atoms with E-state index in [2.05, 4.69) is 0 Å². The van der Waals surface area contributed by atoms with Gasteiger partial charge in [-0.1, -0.05) is 30.3 Å². The van der Waals surface area contributed by atoms with Crippen molar-refractivity contribution in [3.05, 3.63) is 47.5 Å². The Balaban J connectivity index is 1.97. The van der Waals surface area contributed by atoms with Crippen molar-refractivity contribution in [2.75, 3.05) is 27.6 Å². The fourth-order valence-electron chi connectivity index (χ4n) is 3.47. The largest absolute Gasteiger partial charge is 0.467 e. The molecule has 0 amide bonds. The van der Waals surface area contributed by atoms with Crippen LogP contribution >= 0.6 is 0 Å². The van der Waals surface area contributed by atoms with Crippen molar-refractivity contribution < 1.29 is 33.3 Å². The van der Waals surface area contributed by atoms with Crippen LogP contribution in [0.5, 0.6) is 0 Å². The Morgan fingerprint density at radius 3 is 2.73 bits per heavy atom. The molecule has 1 fully saturated rings. The lowest BCUT2D eigenvalue weighted by Gasteiger charge is -2.48. The highest BCUT2D eigenvalue weighted by molar-refractivity contribution is 5.85. The molecule has 1 aliphatic heterocycles. The number of methoxy groups -OCH3 is 2. The average molecular weight is 362 g/mol. The smallest absolute Gasteiger partial charge is 0.339 e. The summed E-state index contributed by atoms with van der Waals surface area (Å²) in [6.07, 6.45) is 1.20. The van der Waals surface area contributed by atoms with Gasteiger partial charge in [0.15, 0.2) is 11.9 Å². The zero-order chi connectivity index (χ0) is 18.6. The molecular formula is C19H22O7. The summed E-state index contributed by atoms with van der Waals surface area (Å²) in [6, 6.07) is 9.32. The molecule has 140 valence electrons. The van der Waals surface area contributed by atoms with E-state index in [0.29, 0.717) is 11.9 Å². The zero-order valence-electron chi connectivity index (χ0n) is 14.8. The Morgan fingerprint density at radius 2 is 2.08 bits per heavy atom. The molecule has 0 saturated carbocycles. The van der Waals surface area contributed by atoms with Crippen molar-refractivity contribution >= 4 is 12.3 Å². The zero-order valence-corrected chi connectivity index (χ0v) is 14.8. The summed E-state index contributed by atoms with van der Waals surface area (Å²) in [6.45, 7) is 0.231. The van der Waals surface area contributed by atoms with E-state index in [4.69, 9.17) is 23.7 Å². The number of hydrogen-bond donors (Lipinski definition) is 0. The third-order valence-corrected chi connectivity index (χ3v) is 4.72. The fraction of sp³-hybridized carbons (Fsp3) is 0.474. The van der Waals surface area contributed by atoms with Crippen molar-refractivity contribution in [2.24, 2.45) is 5.92 Å². The van der Waals surface area contributed by atoms with Crippen LogP contribution in [0.25, 0.3) is 0 Å². The summed E-state index contributed by atoms with van der Waals surface area (Å²) < 4.78 is 27.7. The molecule has 1 aromatic carbocycles. The van der Waals surface area contributed by atoms with Gasteiger partial charge in [0.25, 0.3) is 0 Å². The fourth-order valence-corrected chi connectivity index (χ4v) is 3.47. The summed E-state index contributed by atoms with van der Waals surface area (Å²) in [5.41, 5.74) is -0.163. The topological polar surface area (TPSA) is 80.3 Å². The summed E-state index contributed by atoms with van der Waals surface area (Å²) in [7, 11) is 2.80. The lowest BCUT2D eigenvalue weighted by atomic mass is 9.73. The second-order valence-electron chi connectivity index (χ2n) is 6.26. The highest BCUT2D eigenvalue weighted by Crippen LogP contribution is 2.46. The number of hydrogen-bond acceptors (Lipinski definition) is 7. The molecule has 1 aliphatic carbocycles. The van der Waals surface area contributed by atoms with Gasteiger partial charge >= 0.3 is 5.97 Å². The molecule has 0 unspecified atom stereocenters. The first-order valence-corrected chi connectivity index (χ1v) is 8.34. The van der Waals surface area contributed by atoms with E-state index in [9.17, 15) is 9.59 Å². The van der Waals surface area contributed by atoms with Gasteiger partial charge in [0.2, 0.25) is 0 Å². The van der Waals surface area contributed by atoms with E-state index in [1.165, 1.54) is 14.2 Å². The maximum absolute atomic E-state index is 12.7. The van der Waals surface area contributed by atoms with Gasteiger partial charge in [-0.05, 0) is 11.6 Å². The van der Waals surface area contributed by atoms with Crippen LogP contribution < -0.4 is 0 Å². The second kappa shape index (κ2) is 8.09. The maximum Gasteiger partial charge on any atom is 0.339 e. The number of rotatable bonds is 6. The molecule has 3 rings (SSSR count). The van der Waals surface area contributed by atoms with Gasteiger partial charge in [0, 0.05) is 19.1 Å². The normalized spacial score (nSPS) is 30.8. The van der Waals surface area contributed by atoms with Crippen LogP contribution in [0.1, 0.15) is 18.3 Å². The first kappa shape index (κ1) is 18.7. The average Bonchev–Trinajstić information content (AvgIpc) is 2.71. The van der Waals surface area contributed by atoms with E-state index >= 15 is 0 Å². The van der Waals surface area contributed by atoms with Crippen LogP contribution in [0.4, 0.5) is 0 Å². The van der Waals surface area contributed by atoms with Crippen LogP contribution in [0.2, 0.25) is 0 Å². The molecule has 0 aromatic heterocycles. The lowest BCUT2D eigenvalue weighted by molar-refractivity contribution is -0.300. The Bertz CT molecular complexity index is 672. The van der Waals surface area contributed by atoms with E-state index < -0.39 is 29.9 Å². The van der Waals surface area contributed by atoms with Crippen molar-refractivity contribution in [1.82, 2.24) is 0 Å². The Kier molecular flexibility index (Phi) is 5.83. The highest BCUT2D eigenvalue weighted by Gasteiger charge is 2.58. The van der Waals surface area contributed by atoms with Gasteiger partial charge in [-0.2, -0.15) is 0 Å². The monoisotopic (exact) mass is 362 g/mol. The predicted molar refractivity (Wildman–Crippen MR) is 90.0 cm³/mol. The number of carbonyl (C=O) groups is 2. The van der Waals surface area contributed by atoms with E-state index in [-0.39, 0.29) is 19.8 Å². The molecule has 0 bridgehead atoms. The molecule has 0 N–H and O–H groups in total. The number of esters is 1. The minimum absolute atomic E-state index is 0.0170. The molecule has 0 spiro atoms. The van der Waals surface area contributed by atoms with Crippen molar-refractivity contribution in [2.45, 2.75) is 24.4 Å². The van der Waals surface area contributed by atoms with Gasteiger partial charge in [-0.25, -0.2) is 4.79 Å². The molecule has 7 nitrogen and oxygen atoms in total. The lowest BCUT2D eigenvalue weighted by Crippen LogP contribution is -2.60. The number of benzene rings is 1. The molecule has 4 atom stereocenters. The van der Waals surface area contributed by atoms with Gasteiger partial charge < -0.3 is 23.7 Å². The Hall–Kier alpha value is -2.06. The molecule has 0 radical (unpaired) electrons. The highest BCUT2D eigenvalue weighted by atomic mass is 16.7. The van der Waals surface area contributed by atoms with E-state index in [0.717, 1.165) is 5.56 Å². The van der Waals surface area contributed by atoms with E-state index in [1.54, 1.807) is 6.08 Å². The van der Waals surface area contributed by atoms with Gasteiger partial charge in [-0.3, -0.25) is 4.79 Å². The first-order chi connectivity index (χ1) is 12.6. The predicted octanol–water partition coefficient (Wildman–Crippen LogP) is 1.78. The summed E-state index contributed by atoms with van der Waals surface area (Å²) in [5, 5.41) is 0. The number of aldehydes is 1. The van der Waals surface area contributed by atoms with Gasteiger partial charge in [0.1, 0.15) is 13.1 Å². The molecule has 1 aromatic rings. The number of ether oxygens (including phenoxy) is 5. The standard InChI is InChI=1S/C19H22O7/c1-22-12-25-16-8-13(10-20)9-19(18(21)23-2)15(16)11-24-17(26-19)14-6-4-3-5-7-14/h3-8,10,15-17H,9,11-12H2,1-2H3/t15-,16+,17-,19+/m1/s1. The minimum atomic E-state index is -1.36. The summed E-state index contributed by atoms with van der Waals surface area (Å²) >= 11 is 0. The molecule has 1 saturated heterocycles. The second-order valence-corrected chi connectivity index (χ2v) is 6.26. The summed E-state index contributed by atoms with van der Waals surface area (Å²) in [5.74, 6) is -1.01. The maximum atomic E-state index is 12.7. The molecule has 26 heavy (non-hydrogen) atoms. The van der Waals surface area contributed by atoms with Crippen molar-refractivity contribution in [3.63, 3.8) is 0 Å².